The van der Waals surface area contributed by atoms with Crippen LogP contribution in [0.25, 0.3) is 10.8 Å². The maximum absolute atomic E-state index is 5.37. The zero-order valence-electron chi connectivity index (χ0n) is 11.2. The fourth-order valence-electron chi connectivity index (χ4n) is 2.22. The number of nitrogens with zero attached hydrogens (tertiary/aromatic N) is 2. The van der Waals surface area contributed by atoms with E-state index in [4.69, 9.17) is 4.42 Å². The first-order valence-corrected chi connectivity index (χ1v) is 7.14. The van der Waals surface area contributed by atoms with Crippen molar-refractivity contribution in [3.8, 4) is 10.8 Å². The number of hydrogen-bond acceptors (Lipinski definition) is 5. The molecular weight excluding hydrogens is 317 g/mol. The summed E-state index contributed by atoms with van der Waals surface area (Å²) >= 11 is 1.65. The number of halogens is 2. The van der Waals surface area contributed by atoms with Crippen LogP contribution in [0.15, 0.2) is 28.2 Å². The molecule has 3 heterocycles. The Kier molecular flexibility index (Phi) is 6.99. The second-order valence-electron chi connectivity index (χ2n) is 4.64. The zero-order chi connectivity index (χ0) is 12.4. The lowest BCUT2D eigenvalue weighted by atomic mass is 10.2. The van der Waals surface area contributed by atoms with Gasteiger partial charge >= 0.3 is 0 Å². The average molecular weight is 336 g/mol. The van der Waals surface area contributed by atoms with Crippen LogP contribution in [0.2, 0.25) is 0 Å². The number of hydrogen-bond donors (Lipinski definition) is 1. The zero-order valence-corrected chi connectivity index (χ0v) is 13.7. The van der Waals surface area contributed by atoms with Gasteiger partial charge in [-0.25, -0.2) is 4.98 Å². The highest BCUT2D eigenvalue weighted by molar-refractivity contribution is 7.13. The van der Waals surface area contributed by atoms with Crippen LogP contribution in [-0.4, -0.2) is 35.6 Å². The predicted octanol–water partition coefficient (Wildman–Crippen LogP) is 3.04. The fraction of sp³-hybridized carbons (Fsp3) is 0.462. The van der Waals surface area contributed by atoms with Crippen molar-refractivity contribution < 1.29 is 4.42 Å². The summed E-state index contributed by atoms with van der Waals surface area (Å²) < 4.78 is 5.37. The lowest BCUT2D eigenvalue weighted by Crippen LogP contribution is -2.49. The number of thiazole rings is 1. The van der Waals surface area contributed by atoms with Crippen LogP contribution < -0.4 is 5.32 Å². The van der Waals surface area contributed by atoms with Gasteiger partial charge in [-0.15, -0.1) is 36.2 Å². The van der Waals surface area contributed by atoms with E-state index >= 15 is 0 Å². The van der Waals surface area contributed by atoms with E-state index in [2.05, 4.69) is 27.5 Å². The minimum atomic E-state index is 0. The average Bonchev–Trinajstić information content (AvgIpc) is 3.02. The molecule has 1 fully saturated rings. The largest absolute Gasteiger partial charge is 0.462 e. The van der Waals surface area contributed by atoms with Crippen molar-refractivity contribution in [3.05, 3.63) is 29.5 Å². The van der Waals surface area contributed by atoms with E-state index in [1.54, 1.807) is 17.6 Å². The summed E-state index contributed by atoms with van der Waals surface area (Å²) in [5.41, 5.74) is 1.14. The molecule has 0 aromatic carbocycles. The molecule has 2 aromatic rings. The van der Waals surface area contributed by atoms with Crippen LogP contribution in [0.5, 0.6) is 0 Å². The van der Waals surface area contributed by atoms with Gasteiger partial charge in [-0.2, -0.15) is 0 Å². The Bertz CT molecular complexity index is 503. The molecule has 0 aliphatic carbocycles. The molecule has 4 nitrogen and oxygen atoms in total. The molecule has 1 atom stereocenters. The summed E-state index contributed by atoms with van der Waals surface area (Å²) in [5, 5.41) is 6.51. The van der Waals surface area contributed by atoms with Crippen molar-refractivity contribution in [1.29, 1.82) is 0 Å². The predicted molar refractivity (Wildman–Crippen MR) is 87.1 cm³/mol. The van der Waals surface area contributed by atoms with Crippen molar-refractivity contribution in [2.24, 2.45) is 0 Å². The summed E-state index contributed by atoms with van der Waals surface area (Å²) in [4.78, 5) is 7.11. The summed E-state index contributed by atoms with van der Waals surface area (Å²) in [5.74, 6) is 0.861. The molecule has 1 saturated heterocycles. The molecule has 0 saturated carbocycles. The highest BCUT2D eigenvalue weighted by Crippen LogP contribution is 2.24. The molecule has 112 valence electrons. The van der Waals surface area contributed by atoms with Gasteiger partial charge in [-0.1, -0.05) is 0 Å². The van der Waals surface area contributed by atoms with Gasteiger partial charge in [0.05, 0.1) is 12.0 Å². The van der Waals surface area contributed by atoms with Gasteiger partial charge < -0.3 is 9.73 Å². The molecule has 7 heteroatoms. The van der Waals surface area contributed by atoms with E-state index in [0.717, 1.165) is 42.6 Å². The first kappa shape index (κ1) is 17.5. The fourth-order valence-corrected chi connectivity index (χ4v) is 3.00. The van der Waals surface area contributed by atoms with E-state index in [0.29, 0.717) is 6.04 Å². The lowest BCUT2D eigenvalue weighted by molar-refractivity contribution is 0.164. The van der Waals surface area contributed by atoms with Gasteiger partial charge in [-0.3, -0.25) is 4.90 Å². The Morgan fingerprint density at radius 2 is 2.35 bits per heavy atom. The molecule has 2 aromatic heterocycles. The molecule has 0 spiro atoms. The van der Waals surface area contributed by atoms with E-state index in [1.807, 2.05) is 12.1 Å². The van der Waals surface area contributed by atoms with E-state index in [9.17, 15) is 0 Å². The quantitative estimate of drug-likeness (QED) is 0.935. The summed E-state index contributed by atoms with van der Waals surface area (Å²) in [6.07, 6.45) is 1.69. The molecule has 1 N–H and O–H groups in total. The number of rotatable bonds is 3. The summed E-state index contributed by atoms with van der Waals surface area (Å²) in [7, 11) is 0. The number of aromatic nitrogens is 1. The molecule has 20 heavy (non-hydrogen) atoms. The molecule has 0 unspecified atom stereocenters. The minimum Gasteiger partial charge on any atom is -0.462 e. The van der Waals surface area contributed by atoms with Crippen LogP contribution >= 0.6 is 36.2 Å². The molecule has 1 aliphatic rings. The molecule has 0 amide bonds. The number of furan rings is 1. The molecule has 1 aliphatic heterocycles. The lowest BCUT2D eigenvalue weighted by Gasteiger charge is -2.33. The Morgan fingerprint density at radius 1 is 1.50 bits per heavy atom. The number of nitrogens with one attached hydrogen (secondary N) is 1. The topological polar surface area (TPSA) is 41.3 Å². The van der Waals surface area contributed by atoms with Crippen LogP contribution in [0.4, 0.5) is 0 Å². The second-order valence-corrected chi connectivity index (χ2v) is 5.50. The van der Waals surface area contributed by atoms with E-state index in [1.165, 1.54) is 0 Å². The normalized spacial score (nSPS) is 19.1. The first-order valence-electron chi connectivity index (χ1n) is 6.26. The van der Waals surface area contributed by atoms with Crippen molar-refractivity contribution in [2.75, 3.05) is 19.6 Å². The van der Waals surface area contributed by atoms with Gasteiger partial charge in [-0.05, 0) is 19.1 Å². The molecule has 0 radical (unpaired) electrons. The highest BCUT2D eigenvalue weighted by atomic mass is 35.5. The van der Waals surface area contributed by atoms with Crippen molar-refractivity contribution in [3.63, 3.8) is 0 Å². The van der Waals surface area contributed by atoms with Crippen LogP contribution in [0.3, 0.4) is 0 Å². The van der Waals surface area contributed by atoms with Crippen molar-refractivity contribution >= 4 is 36.2 Å². The van der Waals surface area contributed by atoms with Gasteiger partial charge in [0, 0.05) is 37.6 Å². The maximum atomic E-state index is 5.37. The van der Waals surface area contributed by atoms with Crippen LogP contribution in [0, 0.1) is 0 Å². The smallest absolute Gasteiger partial charge is 0.162 e. The van der Waals surface area contributed by atoms with Gasteiger partial charge in [0.2, 0.25) is 0 Å². The first-order chi connectivity index (χ1) is 8.83. The van der Waals surface area contributed by atoms with Crippen molar-refractivity contribution in [2.45, 2.75) is 19.5 Å². The minimum absolute atomic E-state index is 0. The monoisotopic (exact) mass is 335 g/mol. The van der Waals surface area contributed by atoms with E-state index < -0.39 is 0 Å². The van der Waals surface area contributed by atoms with Gasteiger partial charge in [0.1, 0.15) is 0 Å². The Morgan fingerprint density at radius 3 is 3.05 bits per heavy atom. The van der Waals surface area contributed by atoms with Gasteiger partial charge in [0.25, 0.3) is 0 Å². The third kappa shape index (κ3) is 3.96. The highest BCUT2D eigenvalue weighted by Gasteiger charge is 2.19. The third-order valence-corrected chi connectivity index (χ3v) is 4.19. The van der Waals surface area contributed by atoms with E-state index in [-0.39, 0.29) is 24.8 Å². The Labute approximate surface area is 135 Å². The van der Waals surface area contributed by atoms with Crippen LogP contribution in [-0.2, 0) is 6.54 Å². The van der Waals surface area contributed by atoms with Crippen LogP contribution in [0.1, 0.15) is 12.6 Å². The molecular formula is C13H19Cl2N3OS. The molecule has 3 rings (SSSR count). The number of piperazine rings is 1. The summed E-state index contributed by atoms with van der Waals surface area (Å²) in [6.45, 7) is 6.41. The third-order valence-electron chi connectivity index (χ3n) is 3.29. The molecule has 0 bridgehead atoms. The van der Waals surface area contributed by atoms with Gasteiger partial charge in [0.15, 0.2) is 10.8 Å². The standard InChI is InChI=1S/C13H17N3OS.2ClH/c1-10-7-14-4-5-16(10)8-11-9-18-13(15-11)12-3-2-6-17-12;;/h2-3,6,9-10,14H,4-5,7-8H2,1H3;2*1H/t10-;;/m0../s1. The SMILES string of the molecule is C[C@H]1CNCCN1Cc1csc(-c2ccco2)n1.Cl.Cl. The Balaban J connectivity index is 0.000001000. The second kappa shape index (κ2) is 8.00. The van der Waals surface area contributed by atoms with Crippen molar-refractivity contribution in [1.82, 2.24) is 15.2 Å². The Hall–Kier alpha value is -0.590. The maximum Gasteiger partial charge on any atom is 0.162 e. The summed E-state index contributed by atoms with van der Waals surface area (Å²) in [6, 6.07) is 4.43.